The predicted molar refractivity (Wildman–Crippen MR) is 142 cm³/mol. The normalized spacial score (nSPS) is 14.8. The minimum absolute atomic E-state index is 0.112. The molecule has 0 saturated carbocycles. The van der Waals surface area contributed by atoms with E-state index in [-0.39, 0.29) is 17.7 Å². The lowest BCUT2D eigenvalue weighted by Crippen LogP contribution is -2.50. The van der Waals surface area contributed by atoms with E-state index in [1.54, 1.807) is 30.3 Å². The molecule has 6 nitrogen and oxygen atoms in total. The number of piperazine rings is 1. The molecule has 8 heteroatoms. The van der Waals surface area contributed by atoms with Gasteiger partial charge in [0.15, 0.2) is 5.78 Å². The average molecular weight is 521 g/mol. The Morgan fingerprint density at radius 1 is 0.943 bits per heavy atom. The van der Waals surface area contributed by atoms with E-state index in [0.29, 0.717) is 34.3 Å². The predicted octanol–water partition coefficient (Wildman–Crippen LogP) is 4.92. The number of hydrogen-bond acceptors (Lipinski definition) is 5. The maximum absolute atomic E-state index is 12.7. The summed E-state index contributed by atoms with van der Waals surface area (Å²) in [5.74, 6) is 0.722. The highest BCUT2D eigenvalue weighted by Crippen LogP contribution is 2.24. The molecule has 0 atom stereocenters. The summed E-state index contributed by atoms with van der Waals surface area (Å²) in [7, 11) is 0. The first-order chi connectivity index (χ1) is 16.8. The quantitative estimate of drug-likeness (QED) is 0.318. The van der Waals surface area contributed by atoms with Crippen LogP contribution in [0.4, 0.5) is 0 Å². The molecule has 1 fully saturated rings. The summed E-state index contributed by atoms with van der Waals surface area (Å²) in [5, 5.41) is 3.80. The van der Waals surface area contributed by atoms with E-state index in [2.05, 4.69) is 15.1 Å². The van der Waals surface area contributed by atoms with Crippen molar-refractivity contribution < 1.29 is 14.3 Å². The van der Waals surface area contributed by atoms with Crippen LogP contribution < -0.4 is 10.1 Å². The molecule has 0 bridgehead atoms. The van der Waals surface area contributed by atoms with Crippen molar-refractivity contribution in [3.8, 4) is 5.75 Å². The number of hydrogen-bond donors (Lipinski definition) is 1. The second-order valence-corrected chi connectivity index (χ2v) is 10.1. The van der Waals surface area contributed by atoms with Crippen molar-refractivity contribution in [2.75, 3.05) is 45.9 Å². The summed E-state index contributed by atoms with van der Waals surface area (Å²) in [6.07, 6.45) is 3.21. The van der Waals surface area contributed by atoms with Gasteiger partial charge in [0.2, 0.25) is 5.91 Å². The fourth-order valence-corrected chi connectivity index (χ4v) is 4.57. The van der Waals surface area contributed by atoms with E-state index in [1.807, 2.05) is 26.0 Å². The van der Waals surface area contributed by atoms with E-state index < -0.39 is 0 Å². The Bertz CT molecular complexity index is 974. The molecular formula is C27H35Cl2N3O3. The van der Waals surface area contributed by atoms with Gasteiger partial charge in [-0.2, -0.15) is 0 Å². The number of nitrogens with one attached hydrogen (secondary N) is 1. The standard InChI is InChI=1S/C27H35Cl2N3O3/c1-20(2)30-26(33)19-32-15-13-31(14-16-32)12-4-3-5-17-35-23-9-6-21(7-10-23)27(34)24-11-8-22(28)18-25(24)29/h6-11,18,20H,3-5,12-17,19H2,1-2H3,(H,30,33). The number of carbonyl (C=O) groups excluding carboxylic acids is 2. The molecule has 1 aliphatic rings. The zero-order chi connectivity index (χ0) is 25.2. The average Bonchev–Trinajstić information content (AvgIpc) is 2.82. The van der Waals surface area contributed by atoms with Gasteiger partial charge in [0.1, 0.15) is 5.75 Å². The number of halogens is 2. The highest BCUT2D eigenvalue weighted by atomic mass is 35.5. The SMILES string of the molecule is CC(C)NC(=O)CN1CCN(CCCCCOc2ccc(C(=O)c3ccc(Cl)cc3Cl)cc2)CC1. The lowest BCUT2D eigenvalue weighted by molar-refractivity contribution is -0.123. The molecule has 0 spiro atoms. The van der Waals surface area contributed by atoms with Crippen molar-refractivity contribution >= 4 is 34.9 Å². The van der Waals surface area contributed by atoms with E-state index in [9.17, 15) is 9.59 Å². The molecule has 190 valence electrons. The number of nitrogens with zero attached hydrogens (tertiary/aromatic N) is 2. The maximum Gasteiger partial charge on any atom is 0.234 e. The van der Waals surface area contributed by atoms with Crippen LogP contribution in [0, 0.1) is 0 Å². The van der Waals surface area contributed by atoms with Crippen LogP contribution in [0.3, 0.4) is 0 Å². The Balaban J connectivity index is 1.28. The first kappa shape index (κ1) is 27.5. The van der Waals surface area contributed by atoms with Gasteiger partial charge in [0.25, 0.3) is 0 Å². The van der Waals surface area contributed by atoms with Crippen LogP contribution in [0.5, 0.6) is 5.75 Å². The molecule has 2 aromatic rings. The lowest BCUT2D eigenvalue weighted by Gasteiger charge is -2.34. The molecule has 0 aromatic heterocycles. The number of ketones is 1. The number of ether oxygens (including phenoxy) is 1. The van der Waals surface area contributed by atoms with E-state index in [0.717, 1.165) is 57.7 Å². The molecule has 0 unspecified atom stereocenters. The van der Waals surface area contributed by atoms with Gasteiger partial charge < -0.3 is 15.0 Å². The second-order valence-electron chi connectivity index (χ2n) is 9.23. The van der Waals surface area contributed by atoms with Gasteiger partial charge in [0.05, 0.1) is 18.2 Å². The van der Waals surface area contributed by atoms with Gasteiger partial charge in [-0.05, 0) is 82.1 Å². The third-order valence-corrected chi connectivity index (χ3v) is 6.51. The first-order valence-electron chi connectivity index (χ1n) is 12.3. The van der Waals surface area contributed by atoms with Gasteiger partial charge in [-0.3, -0.25) is 14.5 Å². The monoisotopic (exact) mass is 519 g/mol. The van der Waals surface area contributed by atoms with Gasteiger partial charge in [-0.15, -0.1) is 0 Å². The maximum atomic E-state index is 12.7. The molecule has 2 aromatic carbocycles. The first-order valence-corrected chi connectivity index (χ1v) is 13.0. The number of rotatable bonds is 12. The summed E-state index contributed by atoms with van der Waals surface area (Å²) in [5.41, 5.74) is 0.991. The molecule has 35 heavy (non-hydrogen) atoms. The van der Waals surface area contributed by atoms with Gasteiger partial charge in [-0.1, -0.05) is 23.2 Å². The Morgan fingerprint density at radius 2 is 1.63 bits per heavy atom. The Morgan fingerprint density at radius 3 is 2.29 bits per heavy atom. The number of benzene rings is 2. The van der Waals surface area contributed by atoms with E-state index in [1.165, 1.54) is 0 Å². The van der Waals surface area contributed by atoms with Gasteiger partial charge in [0, 0.05) is 48.4 Å². The van der Waals surface area contributed by atoms with Crippen molar-refractivity contribution in [1.29, 1.82) is 0 Å². The molecule has 1 heterocycles. The summed E-state index contributed by atoms with van der Waals surface area (Å²) >= 11 is 12.1. The molecule has 0 aliphatic carbocycles. The Hall–Kier alpha value is -2.12. The summed E-state index contributed by atoms with van der Waals surface area (Å²) < 4.78 is 5.84. The fraction of sp³-hybridized carbons (Fsp3) is 0.481. The van der Waals surface area contributed by atoms with Gasteiger partial charge in [-0.25, -0.2) is 0 Å². The van der Waals surface area contributed by atoms with Crippen molar-refractivity contribution in [3.63, 3.8) is 0 Å². The van der Waals surface area contributed by atoms with Crippen molar-refractivity contribution in [2.24, 2.45) is 0 Å². The molecule has 1 amide bonds. The van der Waals surface area contributed by atoms with Crippen molar-refractivity contribution in [2.45, 2.75) is 39.2 Å². The van der Waals surface area contributed by atoms with Crippen LogP contribution in [0.25, 0.3) is 0 Å². The Kier molecular flexibility index (Phi) is 10.9. The van der Waals surface area contributed by atoms with Gasteiger partial charge >= 0.3 is 0 Å². The third kappa shape index (κ3) is 9.12. The van der Waals surface area contributed by atoms with Crippen LogP contribution in [0.2, 0.25) is 10.0 Å². The number of amides is 1. The number of carbonyl (C=O) groups is 2. The molecule has 1 saturated heterocycles. The van der Waals surface area contributed by atoms with Crippen LogP contribution in [0.1, 0.15) is 49.0 Å². The second kappa shape index (κ2) is 13.8. The molecule has 1 aliphatic heterocycles. The number of unbranched alkanes of at least 4 members (excludes halogenated alkanes) is 2. The fourth-order valence-electron chi connectivity index (χ4n) is 4.08. The largest absolute Gasteiger partial charge is 0.494 e. The van der Waals surface area contributed by atoms with Crippen molar-refractivity contribution in [1.82, 2.24) is 15.1 Å². The zero-order valence-electron chi connectivity index (χ0n) is 20.6. The molecule has 1 N–H and O–H groups in total. The van der Waals surface area contributed by atoms with Crippen LogP contribution in [-0.4, -0.2) is 73.4 Å². The summed E-state index contributed by atoms with van der Waals surface area (Å²) in [6.45, 7) is 10.1. The molecule has 3 rings (SSSR count). The minimum atomic E-state index is -0.141. The van der Waals surface area contributed by atoms with E-state index in [4.69, 9.17) is 27.9 Å². The highest BCUT2D eigenvalue weighted by molar-refractivity contribution is 6.37. The highest BCUT2D eigenvalue weighted by Gasteiger charge is 2.18. The Labute approximate surface area is 218 Å². The van der Waals surface area contributed by atoms with Crippen LogP contribution in [0.15, 0.2) is 42.5 Å². The minimum Gasteiger partial charge on any atom is -0.494 e. The molecular weight excluding hydrogens is 485 g/mol. The van der Waals surface area contributed by atoms with Crippen LogP contribution in [-0.2, 0) is 4.79 Å². The summed E-state index contributed by atoms with van der Waals surface area (Å²) in [6, 6.07) is 12.2. The summed E-state index contributed by atoms with van der Waals surface area (Å²) in [4.78, 5) is 29.3. The van der Waals surface area contributed by atoms with Crippen LogP contribution >= 0.6 is 23.2 Å². The third-order valence-electron chi connectivity index (χ3n) is 5.96. The van der Waals surface area contributed by atoms with Crippen molar-refractivity contribution in [3.05, 3.63) is 63.6 Å². The smallest absolute Gasteiger partial charge is 0.234 e. The zero-order valence-corrected chi connectivity index (χ0v) is 22.1. The topological polar surface area (TPSA) is 61.9 Å². The van der Waals surface area contributed by atoms with E-state index >= 15 is 0 Å². The molecule has 0 radical (unpaired) electrons. The lowest BCUT2D eigenvalue weighted by atomic mass is 10.0.